The van der Waals surface area contributed by atoms with Gasteiger partial charge in [0.05, 0.1) is 22.8 Å². The highest BCUT2D eigenvalue weighted by Crippen LogP contribution is 2.19. The molecule has 0 heterocycles. The van der Waals surface area contributed by atoms with Crippen LogP contribution in [0.4, 0.5) is 11.4 Å². The van der Waals surface area contributed by atoms with E-state index < -0.39 is 0 Å². The van der Waals surface area contributed by atoms with Gasteiger partial charge in [0.1, 0.15) is 0 Å². The van der Waals surface area contributed by atoms with E-state index >= 15 is 0 Å². The van der Waals surface area contributed by atoms with Crippen LogP contribution >= 0.6 is 0 Å². The second-order valence-electron chi connectivity index (χ2n) is 9.18. The number of unbranched alkanes of at least 4 members (excludes halogenated alkanes) is 11. The lowest BCUT2D eigenvalue weighted by Crippen LogP contribution is -2.14. The van der Waals surface area contributed by atoms with E-state index in [2.05, 4.69) is 74.5 Å². The van der Waals surface area contributed by atoms with Gasteiger partial charge >= 0.3 is 0 Å². The average Bonchev–Trinajstić information content (AvgIpc) is 2.85. The maximum atomic E-state index is 5.08. The van der Waals surface area contributed by atoms with Crippen molar-refractivity contribution >= 4 is 22.8 Å². The van der Waals surface area contributed by atoms with E-state index in [1.54, 1.807) is 0 Å². The van der Waals surface area contributed by atoms with Crippen LogP contribution in [-0.2, 0) is 0 Å². The summed E-state index contributed by atoms with van der Waals surface area (Å²) in [4.78, 5) is 10.1. The van der Waals surface area contributed by atoms with Gasteiger partial charge in [-0.25, -0.2) is 0 Å². The minimum Gasteiger partial charge on any atom is -0.252 e. The Kier molecular flexibility index (Phi) is 14.9. The summed E-state index contributed by atoms with van der Waals surface area (Å²) in [5.74, 6) is 0. The molecule has 0 aliphatic rings. The molecule has 33 heavy (non-hydrogen) atoms. The predicted octanol–water partition coefficient (Wildman–Crippen LogP) is 10.4. The SMILES string of the molecule is CCCCCCCCCCCCCC(=Nc1ccccc1)C(CCCC)=Nc1ccccc1. The highest BCUT2D eigenvalue weighted by molar-refractivity contribution is 6.43. The van der Waals surface area contributed by atoms with E-state index in [-0.39, 0.29) is 0 Å². The highest BCUT2D eigenvalue weighted by Gasteiger charge is 2.10. The number of aliphatic imine (C=N–C) groups is 2. The van der Waals surface area contributed by atoms with Crippen LogP contribution in [0.1, 0.15) is 110 Å². The number of para-hydroxylation sites is 2. The maximum Gasteiger partial charge on any atom is 0.0633 e. The molecular weight excluding hydrogens is 400 g/mol. The average molecular weight is 447 g/mol. The summed E-state index contributed by atoms with van der Waals surface area (Å²) in [5, 5.41) is 0. The van der Waals surface area contributed by atoms with Gasteiger partial charge in [0.25, 0.3) is 0 Å². The van der Waals surface area contributed by atoms with Crippen LogP contribution in [0.25, 0.3) is 0 Å². The molecule has 0 radical (unpaired) electrons. The predicted molar refractivity (Wildman–Crippen MR) is 148 cm³/mol. The Morgan fingerprint density at radius 3 is 1.24 bits per heavy atom. The lowest BCUT2D eigenvalue weighted by Gasteiger charge is -2.11. The molecule has 2 rings (SSSR count). The van der Waals surface area contributed by atoms with Gasteiger partial charge in [0.15, 0.2) is 0 Å². The van der Waals surface area contributed by atoms with Gasteiger partial charge in [-0.1, -0.05) is 121 Å². The largest absolute Gasteiger partial charge is 0.252 e. The van der Waals surface area contributed by atoms with Crippen LogP contribution in [0, 0.1) is 0 Å². The molecule has 2 aromatic carbocycles. The van der Waals surface area contributed by atoms with Crippen LogP contribution in [-0.4, -0.2) is 11.4 Å². The summed E-state index contributed by atoms with van der Waals surface area (Å²) in [7, 11) is 0. The zero-order valence-corrected chi connectivity index (χ0v) is 21.3. The first kappa shape index (κ1) is 27.0. The van der Waals surface area contributed by atoms with Crippen LogP contribution in [0.3, 0.4) is 0 Å². The summed E-state index contributed by atoms with van der Waals surface area (Å²) in [6.07, 6.45) is 19.4. The van der Waals surface area contributed by atoms with Crippen molar-refractivity contribution in [3.63, 3.8) is 0 Å². The van der Waals surface area contributed by atoms with Crippen LogP contribution in [0.15, 0.2) is 70.6 Å². The number of nitrogens with zero attached hydrogens (tertiary/aromatic N) is 2. The quantitative estimate of drug-likeness (QED) is 0.161. The number of hydrogen-bond donors (Lipinski definition) is 0. The molecule has 0 spiro atoms. The first-order chi connectivity index (χ1) is 16.3. The molecule has 0 saturated carbocycles. The first-order valence-electron chi connectivity index (χ1n) is 13.6. The summed E-state index contributed by atoms with van der Waals surface area (Å²) >= 11 is 0. The zero-order valence-electron chi connectivity index (χ0n) is 21.3. The van der Waals surface area contributed by atoms with Gasteiger partial charge in [0, 0.05) is 0 Å². The molecule has 0 fully saturated rings. The standard InChI is InChI=1S/C31H46N2/c1-3-5-7-8-9-10-11-12-13-14-21-27-31(33-29-24-19-16-20-25-29)30(26-6-4-2)32-28-22-17-15-18-23-28/h15-20,22-25H,3-14,21,26-27H2,1-2H3. The van der Waals surface area contributed by atoms with Crippen molar-refractivity contribution in [2.45, 2.75) is 110 Å². The normalized spacial score (nSPS) is 12.3. The Bertz CT molecular complexity index is 777. The summed E-state index contributed by atoms with van der Waals surface area (Å²) in [6.45, 7) is 4.54. The molecule has 2 heteroatoms. The van der Waals surface area contributed by atoms with Gasteiger partial charge in [-0.05, 0) is 49.9 Å². The fraction of sp³-hybridized carbons (Fsp3) is 0.548. The van der Waals surface area contributed by atoms with E-state index in [4.69, 9.17) is 9.98 Å². The van der Waals surface area contributed by atoms with Gasteiger partial charge < -0.3 is 0 Å². The zero-order chi connectivity index (χ0) is 23.4. The van der Waals surface area contributed by atoms with Crippen molar-refractivity contribution in [2.75, 3.05) is 0 Å². The van der Waals surface area contributed by atoms with Gasteiger partial charge in [-0.3, -0.25) is 9.98 Å². The molecule has 0 aliphatic carbocycles. The topological polar surface area (TPSA) is 24.7 Å². The van der Waals surface area contributed by atoms with E-state index in [0.717, 1.165) is 30.6 Å². The molecule has 0 amide bonds. The van der Waals surface area contributed by atoms with Gasteiger partial charge in [0.2, 0.25) is 0 Å². The minimum atomic E-state index is 0.995. The van der Waals surface area contributed by atoms with E-state index in [1.165, 1.54) is 88.5 Å². The third-order valence-corrected chi connectivity index (χ3v) is 6.16. The smallest absolute Gasteiger partial charge is 0.0633 e. The third kappa shape index (κ3) is 12.6. The molecule has 0 aromatic heterocycles. The third-order valence-electron chi connectivity index (χ3n) is 6.16. The molecule has 2 aromatic rings. The van der Waals surface area contributed by atoms with E-state index in [1.807, 2.05) is 0 Å². The Labute approximate surface area is 203 Å². The Morgan fingerprint density at radius 1 is 0.455 bits per heavy atom. The van der Waals surface area contributed by atoms with Gasteiger partial charge in [-0.2, -0.15) is 0 Å². The summed E-state index contributed by atoms with van der Waals surface area (Å²) in [5.41, 5.74) is 4.41. The Morgan fingerprint density at radius 2 is 0.818 bits per heavy atom. The van der Waals surface area contributed by atoms with Gasteiger partial charge in [-0.15, -0.1) is 0 Å². The van der Waals surface area contributed by atoms with Crippen molar-refractivity contribution in [1.82, 2.24) is 0 Å². The molecule has 0 aliphatic heterocycles. The second kappa shape index (κ2) is 18.2. The maximum absolute atomic E-state index is 5.08. The highest BCUT2D eigenvalue weighted by atomic mass is 14.8. The molecule has 0 bridgehead atoms. The van der Waals surface area contributed by atoms with Crippen molar-refractivity contribution in [1.29, 1.82) is 0 Å². The molecule has 0 N–H and O–H groups in total. The van der Waals surface area contributed by atoms with Crippen LogP contribution in [0.2, 0.25) is 0 Å². The second-order valence-corrected chi connectivity index (χ2v) is 9.18. The molecule has 2 nitrogen and oxygen atoms in total. The van der Waals surface area contributed by atoms with Crippen molar-refractivity contribution in [2.24, 2.45) is 9.98 Å². The molecular formula is C31H46N2. The van der Waals surface area contributed by atoms with E-state index in [0.29, 0.717) is 0 Å². The van der Waals surface area contributed by atoms with E-state index in [9.17, 15) is 0 Å². The monoisotopic (exact) mass is 446 g/mol. The number of benzene rings is 2. The van der Waals surface area contributed by atoms with Crippen molar-refractivity contribution in [3.8, 4) is 0 Å². The fourth-order valence-corrected chi connectivity index (χ4v) is 4.15. The lowest BCUT2D eigenvalue weighted by molar-refractivity contribution is 0.552. The molecule has 0 atom stereocenters. The minimum absolute atomic E-state index is 0.995. The molecule has 0 unspecified atom stereocenters. The fourth-order valence-electron chi connectivity index (χ4n) is 4.15. The van der Waals surface area contributed by atoms with Crippen LogP contribution in [0.5, 0.6) is 0 Å². The molecule has 0 saturated heterocycles. The number of hydrogen-bond acceptors (Lipinski definition) is 2. The van der Waals surface area contributed by atoms with Crippen molar-refractivity contribution in [3.05, 3.63) is 60.7 Å². The molecule has 180 valence electrons. The first-order valence-corrected chi connectivity index (χ1v) is 13.6. The summed E-state index contributed by atoms with van der Waals surface area (Å²) < 4.78 is 0. The Hall–Kier alpha value is -2.22. The lowest BCUT2D eigenvalue weighted by atomic mass is 10.0. The van der Waals surface area contributed by atoms with Crippen LogP contribution < -0.4 is 0 Å². The Balaban J connectivity index is 1.92. The van der Waals surface area contributed by atoms with Crippen molar-refractivity contribution < 1.29 is 0 Å². The summed E-state index contributed by atoms with van der Waals surface area (Å²) in [6, 6.07) is 20.7. The number of rotatable bonds is 18.